The maximum atomic E-state index is 12.3. The Balaban J connectivity index is 1.46. The number of fused-ring (bicyclic) bond motifs is 2. The zero-order valence-electron chi connectivity index (χ0n) is 11.1. The topological polar surface area (TPSA) is 56.9 Å². The van der Waals surface area contributed by atoms with Gasteiger partial charge in [0, 0.05) is 24.3 Å². The van der Waals surface area contributed by atoms with Crippen molar-refractivity contribution in [1.29, 1.82) is 0 Å². The van der Waals surface area contributed by atoms with Crippen molar-refractivity contribution in [3.05, 3.63) is 35.3 Å². The molecule has 2 aromatic heterocycles. The van der Waals surface area contributed by atoms with Crippen LogP contribution >= 0.6 is 11.3 Å². The van der Waals surface area contributed by atoms with Crippen molar-refractivity contribution >= 4 is 17.2 Å². The van der Waals surface area contributed by atoms with Crippen LogP contribution in [0.25, 0.3) is 10.6 Å². The van der Waals surface area contributed by atoms with Gasteiger partial charge in [0.05, 0.1) is 15.4 Å². The summed E-state index contributed by atoms with van der Waals surface area (Å²) in [5, 5.41) is 6.73. The number of aromatic amines is 1. The summed E-state index contributed by atoms with van der Waals surface area (Å²) in [5.41, 5.74) is 1.07. The number of thiophene rings is 1. The van der Waals surface area contributed by atoms with Crippen LogP contribution in [0.4, 0.5) is 0 Å². The first-order chi connectivity index (χ1) is 9.79. The maximum absolute atomic E-state index is 12.3. The first-order valence-corrected chi connectivity index (χ1v) is 7.92. The van der Waals surface area contributed by atoms with Gasteiger partial charge in [-0.05, 0) is 43.5 Å². The fourth-order valence-electron chi connectivity index (χ4n) is 3.31. The molecule has 2 aliphatic rings. The molecule has 0 aromatic carbocycles. The minimum atomic E-state index is 0.0622. The Morgan fingerprint density at radius 3 is 2.95 bits per heavy atom. The highest BCUT2D eigenvalue weighted by atomic mass is 32.1. The third-order valence-electron chi connectivity index (χ3n) is 4.31. The van der Waals surface area contributed by atoms with Crippen molar-refractivity contribution in [3.63, 3.8) is 0 Å². The molecule has 4 rings (SSSR count). The summed E-state index contributed by atoms with van der Waals surface area (Å²) in [6.07, 6.45) is 5.42. The molecule has 2 fully saturated rings. The van der Waals surface area contributed by atoms with Crippen LogP contribution in [0.15, 0.2) is 30.5 Å². The molecule has 0 spiro atoms. The van der Waals surface area contributed by atoms with Crippen molar-refractivity contribution in [1.82, 2.24) is 15.6 Å². The van der Waals surface area contributed by atoms with Crippen molar-refractivity contribution < 1.29 is 4.79 Å². The number of hydrogen-bond donors (Lipinski definition) is 3. The second kappa shape index (κ2) is 4.75. The Labute approximate surface area is 121 Å². The Kier molecular flexibility index (Phi) is 2.89. The smallest absolute Gasteiger partial charge is 0.261 e. The van der Waals surface area contributed by atoms with E-state index < -0.39 is 0 Å². The van der Waals surface area contributed by atoms with Crippen LogP contribution in [0.1, 0.15) is 28.9 Å². The lowest BCUT2D eigenvalue weighted by Gasteiger charge is -2.20. The number of amides is 1. The van der Waals surface area contributed by atoms with Crippen molar-refractivity contribution in [2.45, 2.75) is 37.4 Å². The highest BCUT2D eigenvalue weighted by Crippen LogP contribution is 2.30. The number of nitrogens with one attached hydrogen (secondary N) is 3. The monoisotopic (exact) mass is 287 g/mol. The van der Waals surface area contributed by atoms with E-state index in [4.69, 9.17) is 0 Å². The lowest BCUT2D eigenvalue weighted by atomic mass is 9.95. The molecule has 104 valence electrons. The maximum Gasteiger partial charge on any atom is 0.261 e. The predicted octanol–water partition coefficient (Wildman–Crippen LogP) is 2.37. The summed E-state index contributed by atoms with van der Waals surface area (Å²) in [6, 6.07) is 9.30. The number of hydrogen-bond acceptors (Lipinski definition) is 3. The van der Waals surface area contributed by atoms with Gasteiger partial charge in [0.25, 0.3) is 5.91 Å². The summed E-state index contributed by atoms with van der Waals surface area (Å²) >= 11 is 1.54. The van der Waals surface area contributed by atoms with Gasteiger partial charge in [-0.3, -0.25) is 4.79 Å². The average Bonchev–Trinajstić information content (AvgIpc) is 3.21. The van der Waals surface area contributed by atoms with E-state index in [2.05, 4.69) is 15.6 Å². The van der Waals surface area contributed by atoms with Crippen molar-refractivity contribution in [2.24, 2.45) is 0 Å². The summed E-state index contributed by atoms with van der Waals surface area (Å²) in [5.74, 6) is 0.0622. The van der Waals surface area contributed by atoms with E-state index in [9.17, 15) is 4.79 Å². The fourth-order valence-corrected chi connectivity index (χ4v) is 4.21. The zero-order valence-corrected chi connectivity index (χ0v) is 11.9. The summed E-state index contributed by atoms with van der Waals surface area (Å²) in [7, 11) is 0. The standard InChI is InChI=1S/C15H17N3OS/c19-15(18-12-8-9-3-4-10(12)17-9)14-6-5-13(20-14)11-2-1-7-16-11/h1-2,5-7,9-10,12,16-17H,3-4,8H2,(H,18,19)/t9-,10+,12-/m1/s1. The normalized spacial score (nSPS) is 27.9. The number of carbonyl (C=O) groups is 1. The van der Waals surface area contributed by atoms with Crippen LogP contribution in [0.3, 0.4) is 0 Å². The summed E-state index contributed by atoms with van der Waals surface area (Å²) in [4.78, 5) is 17.4. The van der Waals surface area contributed by atoms with Gasteiger partial charge in [0.15, 0.2) is 0 Å². The zero-order chi connectivity index (χ0) is 13.5. The van der Waals surface area contributed by atoms with Crippen LogP contribution < -0.4 is 10.6 Å². The number of rotatable bonds is 3. The Morgan fingerprint density at radius 2 is 2.25 bits per heavy atom. The largest absolute Gasteiger partial charge is 0.361 e. The van der Waals surface area contributed by atoms with Gasteiger partial charge in [-0.1, -0.05) is 0 Å². The Hall–Kier alpha value is -1.59. The molecule has 2 aromatic rings. The fraction of sp³-hybridized carbons (Fsp3) is 0.400. The summed E-state index contributed by atoms with van der Waals surface area (Å²) < 4.78 is 0. The molecule has 3 atom stereocenters. The van der Waals surface area contributed by atoms with Gasteiger partial charge in [0.2, 0.25) is 0 Å². The van der Waals surface area contributed by atoms with Crippen LogP contribution in [-0.4, -0.2) is 29.0 Å². The summed E-state index contributed by atoms with van der Waals surface area (Å²) in [6.45, 7) is 0. The van der Waals surface area contributed by atoms with E-state index >= 15 is 0 Å². The second-order valence-corrected chi connectivity index (χ2v) is 6.69. The van der Waals surface area contributed by atoms with Crippen LogP contribution in [-0.2, 0) is 0 Å². The molecule has 0 aliphatic carbocycles. The first-order valence-electron chi connectivity index (χ1n) is 7.10. The molecule has 1 amide bonds. The van der Waals surface area contributed by atoms with Gasteiger partial charge in [0.1, 0.15) is 0 Å². The predicted molar refractivity (Wildman–Crippen MR) is 79.9 cm³/mol. The van der Waals surface area contributed by atoms with E-state index in [1.807, 2.05) is 30.5 Å². The molecule has 5 heteroatoms. The molecule has 3 N–H and O–H groups in total. The molecule has 0 unspecified atom stereocenters. The quantitative estimate of drug-likeness (QED) is 0.811. The highest BCUT2D eigenvalue weighted by molar-refractivity contribution is 7.17. The minimum Gasteiger partial charge on any atom is -0.361 e. The second-order valence-electron chi connectivity index (χ2n) is 5.61. The van der Waals surface area contributed by atoms with Crippen molar-refractivity contribution in [2.75, 3.05) is 0 Å². The molecule has 2 saturated heterocycles. The van der Waals surface area contributed by atoms with E-state index in [-0.39, 0.29) is 5.91 Å². The van der Waals surface area contributed by atoms with Gasteiger partial charge < -0.3 is 15.6 Å². The Bertz CT molecular complexity index is 619. The molecule has 0 saturated carbocycles. The first kappa shape index (κ1) is 12.2. The van der Waals surface area contributed by atoms with Gasteiger partial charge in [-0.25, -0.2) is 0 Å². The molecule has 2 bridgehead atoms. The molecule has 4 heterocycles. The van der Waals surface area contributed by atoms with E-state index in [0.29, 0.717) is 18.1 Å². The molecular weight excluding hydrogens is 270 g/mol. The number of H-pyrrole nitrogens is 1. The lowest BCUT2D eigenvalue weighted by molar-refractivity contribution is 0.0935. The molecule has 2 aliphatic heterocycles. The van der Waals surface area contributed by atoms with Crippen LogP contribution in [0.2, 0.25) is 0 Å². The molecular formula is C15H17N3OS. The SMILES string of the molecule is O=C(N[C@@H]1C[C@H]2CC[C@@H]1N2)c1ccc(-c2ccc[nH]2)s1. The lowest BCUT2D eigenvalue weighted by Crippen LogP contribution is -2.42. The van der Waals surface area contributed by atoms with Crippen LogP contribution in [0.5, 0.6) is 0 Å². The van der Waals surface area contributed by atoms with E-state index in [0.717, 1.165) is 21.9 Å². The van der Waals surface area contributed by atoms with Gasteiger partial charge in [-0.2, -0.15) is 0 Å². The van der Waals surface area contributed by atoms with Gasteiger partial charge >= 0.3 is 0 Å². The van der Waals surface area contributed by atoms with E-state index in [1.54, 1.807) is 0 Å². The average molecular weight is 287 g/mol. The van der Waals surface area contributed by atoms with Crippen molar-refractivity contribution in [3.8, 4) is 10.6 Å². The molecule has 4 nitrogen and oxygen atoms in total. The third-order valence-corrected chi connectivity index (χ3v) is 5.43. The third kappa shape index (κ3) is 2.07. The molecule has 20 heavy (non-hydrogen) atoms. The minimum absolute atomic E-state index is 0.0622. The highest BCUT2D eigenvalue weighted by Gasteiger charge is 2.39. The number of carbonyl (C=O) groups excluding carboxylic acids is 1. The Morgan fingerprint density at radius 1 is 1.30 bits per heavy atom. The van der Waals surface area contributed by atoms with E-state index in [1.165, 1.54) is 24.2 Å². The number of aromatic nitrogens is 1. The van der Waals surface area contributed by atoms with Crippen LogP contribution in [0, 0.1) is 0 Å². The molecule has 0 radical (unpaired) electrons. The van der Waals surface area contributed by atoms with Gasteiger partial charge in [-0.15, -0.1) is 11.3 Å².